The van der Waals surface area contributed by atoms with Crippen molar-refractivity contribution in [3.63, 3.8) is 0 Å². The maximum absolute atomic E-state index is 12.4. The highest BCUT2D eigenvalue weighted by Gasteiger charge is 2.28. The molecule has 3 unspecified atom stereocenters. The molecule has 0 aromatic heterocycles. The van der Waals surface area contributed by atoms with Gasteiger partial charge in [0.15, 0.2) is 0 Å². The number of methoxy groups -OCH3 is 1. The number of hydrogen-bond donors (Lipinski definition) is 1. The van der Waals surface area contributed by atoms with Crippen molar-refractivity contribution in [1.82, 2.24) is 4.90 Å². The molecule has 0 spiro atoms. The van der Waals surface area contributed by atoms with Gasteiger partial charge in [0.05, 0.1) is 12.5 Å². The summed E-state index contributed by atoms with van der Waals surface area (Å²) < 4.78 is 5.06. The Kier molecular flexibility index (Phi) is 5.65. The van der Waals surface area contributed by atoms with Crippen molar-refractivity contribution in [1.29, 1.82) is 0 Å². The van der Waals surface area contributed by atoms with Crippen LogP contribution in [0.4, 0.5) is 0 Å². The van der Waals surface area contributed by atoms with Crippen LogP contribution in [0.25, 0.3) is 0 Å². The number of nitrogens with two attached hydrogens (primary N) is 1. The van der Waals surface area contributed by atoms with Crippen LogP contribution in [0.15, 0.2) is 12.2 Å². The first-order chi connectivity index (χ1) is 8.10. The number of hydrogen-bond acceptors (Lipinski definition) is 3. The average Bonchev–Trinajstić information content (AvgIpc) is 2.75. The Hall–Kier alpha value is -0.870. The van der Waals surface area contributed by atoms with Gasteiger partial charge >= 0.3 is 0 Å². The predicted octanol–water partition coefficient (Wildman–Crippen LogP) is 1.16. The molecule has 3 atom stereocenters. The lowest BCUT2D eigenvalue weighted by Crippen LogP contribution is -2.43. The molecule has 0 heterocycles. The first-order valence-corrected chi connectivity index (χ1v) is 6.33. The molecule has 0 aromatic rings. The summed E-state index contributed by atoms with van der Waals surface area (Å²) in [7, 11) is 1.66. The second-order valence-corrected chi connectivity index (χ2v) is 4.67. The molecule has 1 amide bonds. The van der Waals surface area contributed by atoms with Crippen molar-refractivity contribution in [2.75, 3.05) is 20.3 Å². The monoisotopic (exact) mass is 240 g/mol. The van der Waals surface area contributed by atoms with Crippen molar-refractivity contribution >= 4 is 5.91 Å². The SMILES string of the molecule is CCC(C)N(CCOC)C(=O)C1C=CC(N)C1. The fraction of sp³-hybridized carbons (Fsp3) is 0.769. The van der Waals surface area contributed by atoms with Crippen LogP contribution >= 0.6 is 0 Å². The fourth-order valence-corrected chi connectivity index (χ4v) is 2.08. The Morgan fingerprint density at radius 3 is 2.76 bits per heavy atom. The average molecular weight is 240 g/mol. The van der Waals surface area contributed by atoms with Gasteiger partial charge in [0, 0.05) is 25.7 Å². The number of amides is 1. The summed E-state index contributed by atoms with van der Waals surface area (Å²) in [5.41, 5.74) is 5.79. The maximum atomic E-state index is 12.4. The van der Waals surface area contributed by atoms with E-state index < -0.39 is 0 Å². The minimum Gasteiger partial charge on any atom is -0.383 e. The van der Waals surface area contributed by atoms with Crippen LogP contribution in [0.1, 0.15) is 26.7 Å². The molecule has 0 fully saturated rings. The van der Waals surface area contributed by atoms with E-state index in [1.165, 1.54) is 0 Å². The minimum atomic E-state index is -0.0455. The standard InChI is InChI=1S/C13H24N2O2/c1-4-10(2)15(7-8-17-3)13(16)11-5-6-12(14)9-11/h5-6,10-12H,4,7-9,14H2,1-3H3. The second-order valence-electron chi connectivity index (χ2n) is 4.67. The Labute approximate surface area is 104 Å². The van der Waals surface area contributed by atoms with Crippen molar-refractivity contribution in [3.8, 4) is 0 Å². The van der Waals surface area contributed by atoms with Gasteiger partial charge in [0.1, 0.15) is 0 Å². The number of rotatable bonds is 6. The summed E-state index contributed by atoms with van der Waals surface area (Å²) >= 11 is 0. The molecule has 4 heteroatoms. The van der Waals surface area contributed by atoms with E-state index in [2.05, 4.69) is 13.8 Å². The third kappa shape index (κ3) is 3.82. The first kappa shape index (κ1) is 14.2. The zero-order chi connectivity index (χ0) is 12.8. The van der Waals surface area contributed by atoms with Gasteiger partial charge in [-0.2, -0.15) is 0 Å². The van der Waals surface area contributed by atoms with E-state index in [4.69, 9.17) is 10.5 Å². The lowest BCUT2D eigenvalue weighted by atomic mass is 10.0. The van der Waals surface area contributed by atoms with Gasteiger partial charge in [-0.25, -0.2) is 0 Å². The molecule has 98 valence electrons. The highest BCUT2D eigenvalue weighted by atomic mass is 16.5. The van der Waals surface area contributed by atoms with Crippen molar-refractivity contribution in [2.24, 2.45) is 11.7 Å². The molecule has 0 aromatic carbocycles. The van der Waals surface area contributed by atoms with Gasteiger partial charge in [-0.05, 0) is 19.8 Å². The zero-order valence-corrected chi connectivity index (χ0v) is 11.1. The first-order valence-electron chi connectivity index (χ1n) is 6.33. The molecule has 1 rings (SSSR count). The summed E-state index contributed by atoms with van der Waals surface area (Å²) in [5.74, 6) is 0.136. The largest absolute Gasteiger partial charge is 0.383 e. The van der Waals surface area contributed by atoms with Crippen LogP contribution in [0.5, 0.6) is 0 Å². The van der Waals surface area contributed by atoms with Gasteiger partial charge in [-0.3, -0.25) is 4.79 Å². The number of carbonyl (C=O) groups is 1. The molecule has 1 aliphatic rings. The van der Waals surface area contributed by atoms with Crippen molar-refractivity contribution in [3.05, 3.63) is 12.2 Å². The Bertz CT molecular complexity index is 279. The van der Waals surface area contributed by atoms with Crippen molar-refractivity contribution in [2.45, 2.75) is 38.8 Å². The van der Waals surface area contributed by atoms with Gasteiger partial charge in [-0.15, -0.1) is 0 Å². The van der Waals surface area contributed by atoms with Gasteiger partial charge in [0.25, 0.3) is 0 Å². The van der Waals surface area contributed by atoms with E-state index >= 15 is 0 Å². The third-order valence-corrected chi connectivity index (χ3v) is 3.38. The fourth-order valence-electron chi connectivity index (χ4n) is 2.08. The van der Waals surface area contributed by atoms with E-state index in [-0.39, 0.29) is 23.9 Å². The number of carbonyl (C=O) groups excluding carboxylic acids is 1. The molecule has 4 nitrogen and oxygen atoms in total. The number of ether oxygens (including phenoxy) is 1. The molecular weight excluding hydrogens is 216 g/mol. The molecule has 0 aliphatic heterocycles. The van der Waals surface area contributed by atoms with Crippen LogP contribution in [-0.4, -0.2) is 43.2 Å². The Balaban J connectivity index is 2.62. The van der Waals surface area contributed by atoms with Gasteiger partial charge in [-0.1, -0.05) is 19.1 Å². The van der Waals surface area contributed by atoms with Crippen LogP contribution in [0, 0.1) is 5.92 Å². The van der Waals surface area contributed by atoms with E-state index in [0.29, 0.717) is 13.2 Å². The van der Waals surface area contributed by atoms with Gasteiger partial charge in [0.2, 0.25) is 5.91 Å². The smallest absolute Gasteiger partial charge is 0.229 e. The highest BCUT2D eigenvalue weighted by molar-refractivity contribution is 5.81. The summed E-state index contributed by atoms with van der Waals surface area (Å²) in [5, 5.41) is 0. The van der Waals surface area contributed by atoms with E-state index in [9.17, 15) is 4.79 Å². The van der Waals surface area contributed by atoms with Crippen LogP contribution < -0.4 is 5.73 Å². The number of nitrogens with zero attached hydrogens (tertiary/aromatic N) is 1. The summed E-state index contributed by atoms with van der Waals surface area (Å²) in [6.07, 6.45) is 5.56. The Morgan fingerprint density at radius 1 is 1.59 bits per heavy atom. The molecular formula is C13H24N2O2. The van der Waals surface area contributed by atoms with Crippen LogP contribution in [0.3, 0.4) is 0 Å². The topological polar surface area (TPSA) is 55.6 Å². The second kappa shape index (κ2) is 6.77. The van der Waals surface area contributed by atoms with E-state index in [0.717, 1.165) is 12.8 Å². The predicted molar refractivity (Wildman–Crippen MR) is 68.6 cm³/mol. The van der Waals surface area contributed by atoms with Crippen molar-refractivity contribution < 1.29 is 9.53 Å². The van der Waals surface area contributed by atoms with E-state index in [1.807, 2.05) is 17.1 Å². The molecule has 0 saturated carbocycles. The quantitative estimate of drug-likeness (QED) is 0.709. The molecule has 2 N–H and O–H groups in total. The van der Waals surface area contributed by atoms with E-state index in [1.54, 1.807) is 7.11 Å². The molecule has 0 radical (unpaired) electrons. The lowest BCUT2D eigenvalue weighted by molar-refractivity contribution is -0.136. The molecule has 0 bridgehead atoms. The third-order valence-electron chi connectivity index (χ3n) is 3.38. The lowest BCUT2D eigenvalue weighted by Gasteiger charge is -2.30. The zero-order valence-electron chi connectivity index (χ0n) is 11.1. The Morgan fingerprint density at radius 2 is 2.29 bits per heavy atom. The van der Waals surface area contributed by atoms with Crippen LogP contribution in [0.2, 0.25) is 0 Å². The highest BCUT2D eigenvalue weighted by Crippen LogP contribution is 2.20. The maximum Gasteiger partial charge on any atom is 0.229 e. The summed E-state index contributed by atoms with van der Waals surface area (Å²) in [4.78, 5) is 14.3. The molecule has 17 heavy (non-hydrogen) atoms. The normalized spacial score (nSPS) is 24.9. The van der Waals surface area contributed by atoms with Crippen LogP contribution in [-0.2, 0) is 9.53 Å². The molecule has 0 saturated heterocycles. The molecule has 1 aliphatic carbocycles. The van der Waals surface area contributed by atoms with Gasteiger partial charge < -0.3 is 15.4 Å². The minimum absolute atomic E-state index is 0.0326. The summed E-state index contributed by atoms with van der Waals surface area (Å²) in [6, 6.07) is 0.285. The summed E-state index contributed by atoms with van der Waals surface area (Å²) in [6.45, 7) is 5.41.